The van der Waals surface area contributed by atoms with Gasteiger partial charge < -0.3 is 4.74 Å². The fourth-order valence-corrected chi connectivity index (χ4v) is 3.81. The lowest BCUT2D eigenvalue weighted by Gasteiger charge is -2.09. The lowest BCUT2D eigenvalue weighted by molar-refractivity contribution is 0.416. The third-order valence-corrected chi connectivity index (χ3v) is 5.60. The number of pyridine rings is 1. The Balaban J connectivity index is 1.99. The molecule has 2 aromatic heterocycles. The molecular formula is C21H18N2O3S. The van der Waals surface area contributed by atoms with Crippen molar-refractivity contribution < 1.29 is 13.2 Å². The molecule has 2 heterocycles. The Bertz CT molecular complexity index is 1230. The zero-order chi connectivity index (χ0) is 19.0. The van der Waals surface area contributed by atoms with Gasteiger partial charge in [-0.1, -0.05) is 30.3 Å². The minimum absolute atomic E-state index is 0.293. The predicted octanol–water partition coefficient (Wildman–Crippen LogP) is 4.08. The molecule has 0 aliphatic carbocycles. The highest BCUT2D eigenvalue weighted by Gasteiger charge is 2.19. The van der Waals surface area contributed by atoms with Gasteiger partial charge in [-0.2, -0.15) is 5.10 Å². The lowest BCUT2D eigenvalue weighted by Crippen LogP contribution is -1.96. The molecule has 2 aromatic carbocycles. The van der Waals surface area contributed by atoms with E-state index in [0.717, 1.165) is 33.7 Å². The number of hydrogen-bond donors (Lipinski definition) is 0. The van der Waals surface area contributed by atoms with Crippen LogP contribution in [-0.4, -0.2) is 31.4 Å². The van der Waals surface area contributed by atoms with Crippen molar-refractivity contribution in [3.8, 4) is 28.1 Å². The summed E-state index contributed by atoms with van der Waals surface area (Å²) in [6, 6.07) is 20.5. The molecule has 0 amide bonds. The SMILES string of the molecule is COc1ccccc1-c1nn2ccccc2c1-c1ccc(S(C)(=O)=O)cc1. The Morgan fingerprint density at radius 1 is 0.926 bits per heavy atom. The second-order valence-corrected chi connectivity index (χ2v) is 8.27. The number of rotatable bonds is 4. The van der Waals surface area contributed by atoms with Crippen LogP contribution in [0.3, 0.4) is 0 Å². The lowest BCUT2D eigenvalue weighted by atomic mass is 9.99. The largest absolute Gasteiger partial charge is 0.496 e. The molecule has 4 aromatic rings. The van der Waals surface area contributed by atoms with Crippen molar-refractivity contribution >= 4 is 15.4 Å². The maximum Gasteiger partial charge on any atom is 0.175 e. The molecule has 6 heteroatoms. The molecule has 5 nitrogen and oxygen atoms in total. The Morgan fingerprint density at radius 3 is 2.33 bits per heavy atom. The molecule has 4 rings (SSSR count). The highest BCUT2D eigenvalue weighted by atomic mass is 32.2. The van der Waals surface area contributed by atoms with Crippen LogP contribution in [0.15, 0.2) is 77.8 Å². The van der Waals surface area contributed by atoms with Gasteiger partial charge in [0.2, 0.25) is 0 Å². The molecular weight excluding hydrogens is 360 g/mol. The van der Waals surface area contributed by atoms with Gasteiger partial charge in [0.05, 0.1) is 17.5 Å². The summed E-state index contributed by atoms with van der Waals surface area (Å²) in [5.41, 5.74) is 4.42. The van der Waals surface area contributed by atoms with E-state index in [2.05, 4.69) is 0 Å². The van der Waals surface area contributed by atoms with Crippen molar-refractivity contribution in [2.24, 2.45) is 0 Å². The van der Waals surface area contributed by atoms with Crippen molar-refractivity contribution in [2.45, 2.75) is 4.90 Å². The smallest absolute Gasteiger partial charge is 0.175 e. The summed E-state index contributed by atoms with van der Waals surface area (Å²) in [5, 5.41) is 4.76. The van der Waals surface area contributed by atoms with Crippen LogP contribution in [0.1, 0.15) is 0 Å². The van der Waals surface area contributed by atoms with Crippen LogP contribution in [-0.2, 0) is 9.84 Å². The van der Waals surface area contributed by atoms with Crippen LogP contribution in [0, 0.1) is 0 Å². The minimum Gasteiger partial charge on any atom is -0.496 e. The molecule has 0 radical (unpaired) electrons. The van der Waals surface area contributed by atoms with Gasteiger partial charge in [0.1, 0.15) is 11.4 Å². The van der Waals surface area contributed by atoms with Crippen LogP contribution in [0.25, 0.3) is 27.9 Å². The zero-order valence-corrected chi connectivity index (χ0v) is 15.8. The average Bonchev–Trinajstić information content (AvgIpc) is 3.06. The number of fused-ring (bicyclic) bond motifs is 1. The van der Waals surface area contributed by atoms with Crippen molar-refractivity contribution in [3.63, 3.8) is 0 Å². The van der Waals surface area contributed by atoms with Crippen LogP contribution < -0.4 is 4.74 Å². The molecule has 0 fully saturated rings. The van der Waals surface area contributed by atoms with Gasteiger partial charge in [-0.3, -0.25) is 0 Å². The fraction of sp³-hybridized carbons (Fsp3) is 0.0952. The van der Waals surface area contributed by atoms with Gasteiger partial charge >= 0.3 is 0 Å². The van der Waals surface area contributed by atoms with Crippen LogP contribution in [0.2, 0.25) is 0 Å². The van der Waals surface area contributed by atoms with Crippen molar-refractivity contribution in [1.82, 2.24) is 9.61 Å². The maximum absolute atomic E-state index is 11.8. The van der Waals surface area contributed by atoms with Gasteiger partial charge in [0, 0.05) is 23.6 Å². The van der Waals surface area contributed by atoms with E-state index in [0.29, 0.717) is 4.90 Å². The first kappa shape index (κ1) is 17.3. The Kier molecular flexibility index (Phi) is 4.20. The second kappa shape index (κ2) is 6.55. The van der Waals surface area contributed by atoms with Gasteiger partial charge in [0.15, 0.2) is 9.84 Å². The molecule has 0 N–H and O–H groups in total. The van der Waals surface area contributed by atoms with Gasteiger partial charge in [-0.25, -0.2) is 12.9 Å². The highest BCUT2D eigenvalue weighted by molar-refractivity contribution is 7.90. The van der Waals surface area contributed by atoms with E-state index in [1.807, 2.05) is 65.3 Å². The average molecular weight is 378 g/mol. The number of aromatic nitrogens is 2. The van der Waals surface area contributed by atoms with Crippen molar-refractivity contribution in [2.75, 3.05) is 13.4 Å². The van der Waals surface area contributed by atoms with E-state index in [1.165, 1.54) is 6.26 Å². The summed E-state index contributed by atoms with van der Waals surface area (Å²) >= 11 is 0. The first-order valence-corrected chi connectivity index (χ1v) is 10.3. The summed E-state index contributed by atoms with van der Waals surface area (Å²) in [5.74, 6) is 0.731. The number of methoxy groups -OCH3 is 1. The van der Waals surface area contributed by atoms with E-state index in [9.17, 15) is 8.42 Å². The zero-order valence-electron chi connectivity index (χ0n) is 15.0. The standard InChI is InChI=1S/C21H18N2O3S/c1-26-19-9-4-3-7-17(19)21-20(18-8-5-6-14-23(18)22-21)15-10-12-16(13-11-15)27(2,24)25/h3-14H,1-2H3. The third-order valence-electron chi connectivity index (χ3n) is 4.47. The first-order chi connectivity index (χ1) is 13.0. The molecule has 0 unspecified atom stereocenters. The fourth-order valence-electron chi connectivity index (χ4n) is 3.18. The topological polar surface area (TPSA) is 60.7 Å². The summed E-state index contributed by atoms with van der Waals surface area (Å²) < 4.78 is 30.9. The summed E-state index contributed by atoms with van der Waals surface area (Å²) in [7, 11) is -1.61. The summed E-state index contributed by atoms with van der Waals surface area (Å²) in [6.45, 7) is 0. The van der Waals surface area contributed by atoms with Gasteiger partial charge in [-0.05, 0) is 42.0 Å². The molecule has 0 aliphatic heterocycles. The van der Waals surface area contributed by atoms with Crippen molar-refractivity contribution in [3.05, 3.63) is 72.9 Å². The molecule has 0 spiro atoms. The van der Waals surface area contributed by atoms with Crippen LogP contribution >= 0.6 is 0 Å². The van der Waals surface area contributed by atoms with E-state index in [-0.39, 0.29) is 0 Å². The molecule has 0 aliphatic rings. The summed E-state index contributed by atoms with van der Waals surface area (Å²) in [4.78, 5) is 0.293. The number of ether oxygens (including phenoxy) is 1. The number of sulfone groups is 1. The minimum atomic E-state index is -3.24. The summed E-state index contributed by atoms with van der Waals surface area (Å²) in [6.07, 6.45) is 3.10. The van der Waals surface area contributed by atoms with Crippen LogP contribution in [0.4, 0.5) is 0 Å². The molecule has 27 heavy (non-hydrogen) atoms. The van der Waals surface area contributed by atoms with E-state index in [4.69, 9.17) is 9.84 Å². The molecule has 0 bridgehead atoms. The number of para-hydroxylation sites is 1. The third kappa shape index (κ3) is 3.08. The predicted molar refractivity (Wildman–Crippen MR) is 106 cm³/mol. The van der Waals surface area contributed by atoms with E-state index >= 15 is 0 Å². The van der Waals surface area contributed by atoms with E-state index < -0.39 is 9.84 Å². The number of nitrogens with zero attached hydrogens (tertiary/aromatic N) is 2. The molecule has 0 saturated heterocycles. The Labute approximate surface area is 157 Å². The van der Waals surface area contributed by atoms with Crippen molar-refractivity contribution in [1.29, 1.82) is 0 Å². The maximum atomic E-state index is 11.8. The first-order valence-electron chi connectivity index (χ1n) is 8.40. The molecule has 136 valence electrons. The van der Waals surface area contributed by atoms with Gasteiger partial charge in [0.25, 0.3) is 0 Å². The molecule has 0 saturated carbocycles. The Hall–Kier alpha value is -3.12. The Morgan fingerprint density at radius 2 is 1.63 bits per heavy atom. The number of hydrogen-bond acceptors (Lipinski definition) is 4. The van der Waals surface area contributed by atoms with Crippen LogP contribution in [0.5, 0.6) is 5.75 Å². The van der Waals surface area contributed by atoms with E-state index in [1.54, 1.807) is 19.2 Å². The quantitative estimate of drug-likeness (QED) is 0.537. The molecule has 0 atom stereocenters. The number of benzene rings is 2. The monoisotopic (exact) mass is 378 g/mol. The van der Waals surface area contributed by atoms with Gasteiger partial charge in [-0.15, -0.1) is 0 Å². The normalized spacial score (nSPS) is 11.6. The highest BCUT2D eigenvalue weighted by Crippen LogP contribution is 2.39. The second-order valence-electron chi connectivity index (χ2n) is 6.25.